The molecule has 0 saturated carbocycles. The maximum Gasteiger partial charge on any atom is 0.263 e. The van der Waals surface area contributed by atoms with E-state index in [4.69, 9.17) is 22.2 Å². The Morgan fingerprint density at radius 3 is 2.24 bits per heavy atom. The van der Waals surface area contributed by atoms with Gasteiger partial charge in [-0.05, 0) is 52.0 Å². The van der Waals surface area contributed by atoms with Crippen LogP contribution in [-0.4, -0.2) is 35.3 Å². The summed E-state index contributed by atoms with van der Waals surface area (Å²) in [6, 6.07) is 7.12. The topological polar surface area (TPSA) is 67.9 Å². The molecule has 1 amide bonds. The van der Waals surface area contributed by atoms with Gasteiger partial charge < -0.3 is 15.5 Å². The molecule has 2 N–H and O–H groups in total. The summed E-state index contributed by atoms with van der Waals surface area (Å²) in [6.07, 6.45) is 0. The summed E-state index contributed by atoms with van der Waals surface area (Å²) in [7, 11) is 0. The number of nitrogens with two attached hydrogens (primary N) is 1. The third-order valence-corrected chi connectivity index (χ3v) is 3.14. The number of amidine groups is 1. The van der Waals surface area contributed by atoms with Crippen LogP contribution in [0.15, 0.2) is 29.4 Å². The van der Waals surface area contributed by atoms with Gasteiger partial charge in [-0.1, -0.05) is 16.8 Å². The van der Waals surface area contributed by atoms with E-state index in [9.17, 15) is 4.79 Å². The van der Waals surface area contributed by atoms with Gasteiger partial charge in [0.1, 0.15) is 0 Å². The molecule has 0 atom stereocenters. The Morgan fingerprint density at radius 2 is 1.76 bits per heavy atom. The fourth-order valence-electron chi connectivity index (χ4n) is 2.08. The zero-order valence-electron chi connectivity index (χ0n) is 12.8. The normalized spacial score (nSPS) is 11.9. The molecule has 0 aliphatic rings. The predicted octanol–water partition coefficient (Wildman–Crippen LogP) is 2.62. The molecule has 1 aromatic carbocycles. The molecule has 0 aromatic heterocycles. The van der Waals surface area contributed by atoms with Crippen molar-refractivity contribution in [2.75, 3.05) is 6.61 Å². The Hall–Kier alpha value is -1.75. The lowest BCUT2D eigenvalue weighted by Crippen LogP contribution is -2.43. The number of carbonyl (C=O) groups is 1. The van der Waals surface area contributed by atoms with Crippen LogP contribution in [0.25, 0.3) is 0 Å². The minimum absolute atomic E-state index is 0.110. The number of oxime groups is 1. The van der Waals surface area contributed by atoms with Crippen LogP contribution in [0.5, 0.6) is 0 Å². The number of benzene rings is 1. The number of carbonyl (C=O) groups excluding carboxylic acids is 1. The molecule has 6 heteroatoms. The summed E-state index contributed by atoms with van der Waals surface area (Å²) in [5.41, 5.74) is 6.48. The smallest absolute Gasteiger partial charge is 0.263 e. The fraction of sp³-hybridized carbons (Fsp3) is 0.467. The summed E-state index contributed by atoms with van der Waals surface area (Å²) >= 11 is 5.79. The molecule has 5 nitrogen and oxygen atoms in total. The standard InChI is InChI=1S/C15H22ClN3O2/c1-10(2)19(11(3)4)14(20)9-21-18-15(17)12-5-7-13(16)8-6-12/h5-8,10-11H,9H2,1-4H3,(H2,17,18). The van der Waals surface area contributed by atoms with Gasteiger partial charge in [0.15, 0.2) is 12.4 Å². The lowest BCUT2D eigenvalue weighted by Gasteiger charge is -2.30. The molecular weight excluding hydrogens is 290 g/mol. The van der Waals surface area contributed by atoms with Crippen molar-refractivity contribution in [3.8, 4) is 0 Å². The highest BCUT2D eigenvalue weighted by Gasteiger charge is 2.20. The molecule has 0 bridgehead atoms. The van der Waals surface area contributed by atoms with Crippen LogP contribution in [0.1, 0.15) is 33.3 Å². The van der Waals surface area contributed by atoms with Crippen LogP contribution < -0.4 is 5.73 Å². The van der Waals surface area contributed by atoms with Gasteiger partial charge in [0.25, 0.3) is 5.91 Å². The van der Waals surface area contributed by atoms with E-state index in [0.29, 0.717) is 10.6 Å². The Morgan fingerprint density at radius 1 is 1.24 bits per heavy atom. The Kier molecular flexibility index (Phi) is 6.49. The molecule has 0 heterocycles. The van der Waals surface area contributed by atoms with E-state index >= 15 is 0 Å². The van der Waals surface area contributed by atoms with Crippen molar-refractivity contribution in [2.45, 2.75) is 39.8 Å². The van der Waals surface area contributed by atoms with Crippen LogP contribution in [0.3, 0.4) is 0 Å². The van der Waals surface area contributed by atoms with Gasteiger partial charge >= 0.3 is 0 Å². The molecule has 0 saturated heterocycles. The minimum atomic E-state index is -0.134. The summed E-state index contributed by atoms with van der Waals surface area (Å²) < 4.78 is 0. The molecule has 21 heavy (non-hydrogen) atoms. The largest absolute Gasteiger partial charge is 0.384 e. The number of rotatable bonds is 6. The summed E-state index contributed by atoms with van der Waals surface area (Å²) in [4.78, 5) is 18.9. The van der Waals surface area contributed by atoms with E-state index in [2.05, 4.69) is 5.16 Å². The molecule has 116 valence electrons. The van der Waals surface area contributed by atoms with E-state index in [0.717, 1.165) is 0 Å². The number of hydrogen-bond acceptors (Lipinski definition) is 3. The summed E-state index contributed by atoms with van der Waals surface area (Å²) in [5, 5.41) is 4.39. The number of amides is 1. The number of hydrogen-bond donors (Lipinski definition) is 1. The zero-order valence-corrected chi connectivity index (χ0v) is 13.6. The molecule has 1 aromatic rings. The van der Waals surface area contributed by atoms with Gasteiger partial charge in [0, 0.05) is 22.7 Å². The van der Waals surface area contributed by atoms with Crippen LogP contribution >= 0.6 is 11.6 Å². The van der Waals surface area contributed by atoms with Crippen molar-refractivity contribution in [1.82, 2.24) is 4.90 Å². The van der Waals surface area contributed by atoms with Crippen LogP contribution in [0, 0.1) is 0 Å². The molecule has 0 spiro atoms. The third kappa shape index (κ3) is 5.27. The molecule has 0 aliphatic carbocycles. The Bertz CT molecular complexity index is 490. The maximum absolute atomic E-state index is 12.1. The predicted molar refractivity (Wildman–Crippen MR) is 85.2 cm³/mol. The van der Waals surface area contributed by atoms with Crippen LogP contribution in [0.4, 0.5) is 0 Å². The quantitative estimate of drug-likeness (QED) is 0.499. The van der Waals surface area contributed by atoms with Crippen molar-refractivity contribution < 1.29 is 9.63 Å². The Labute approximate surface area is 130 Å². The highest BCUT2D eigenvalue weighted by atomic mass is 35.5. The SMILES string of the molecule is CC(C)N(C(=O)CO/N=C(/N)c1ccc(Cl)cc1)C(C)C. The first-order valence-electron chi connectivity index (χ1n) is 6.85. The second-order valence-electron chi connectivity index (χ2n) is 5.25. The second kappa shape index (κ2) is 7.88. The van der Waals surface area contributed by atoms with E-state index in [-0.39, 0.29) is 30.4 Å². The first-order valence-corrected chi connectivity index (χ1v) is 7.23. The van der Waals surface area contributed by atoms with E-state index < -0.39 is 0 Å². The van der Waals surface area contributed by atoms with Crippen molar-refractivity contribution in [3.63, 3.8) is 0 Å². The molecular formula is C15H22ClN3O2. The lowest BCUT2D eigenvalue weighted by molar-refractivity contribution is -0.139. The monoisotopic (exact) mass is 311 g/mol. The van der Waals surface area contributed by atoms with Gasteiger partial charge in [-0.3, -0.25) is 4.79 Å². The first-order chi connectivity index (χ1) is 9.82. The maximum atomic E-state index is 12.1. The second-order valence-corrected chi connectivity index (χ2v) is 5.68. The van der Waals surface area contributed by atoms with Crippen molar-refractivity contribution >= 4 is 23.3 Å². The molecule has 0 radical (unpaired) electrons. The molecule has 0 fully saturated rings. The molecule has 0 unspecified atom stereocenters. The van der Waals surface area contributed by atoms with E-state index in [1.54, 1.807) is 29.2 Å². The van der Waals surface area contributed by atoms with Crippen molar-refractivity contribution in [2.24, 2.45) is 10.9 Å². The highest BCUT2D eigenvalue weighted by Crippen LogP contribution is 2.09. The third-order valence-electron chi connectivity index (χ3n) is 2.89. The highest BCUT2D eigenvalue weighted by molar-refractivity contribution is 6.30. The van der Waals surface area contributed by atoms with Gasteiger partial charge in [-0.15, -0.1) is 0 Å². The van der Waals surface area contributed by atoms with Gasteiger partial charge in [0.05, 0.1) is 0 Å². The van der Waals surface area contributed by atoms with Crippen molar-refractivity contribution in [1.29, 1.82) is 0 Å². The average molecular weight is 312 g/mol. The number of nitrogens with zero attached hydrogens (tertiary/aromatic N) is 2. The molecule has 0 aliphatic heterocycles. The molecule has 1 rings (SSSR count). The van der Waals surface area contributed by atoms with Crippen molar-refractivity contribution in [3.05, 3.63) is 34.9 Å². The van der Waals surface area contributed by atoms with E-state index in [1.165, 1.54) is 0 Å². The average Bonchev–Trinajstić information content (AvgIpc) is 2.38. The number of halogens is 1. The van der Waals surface area contributed by atoms with Crippen LogP contribution in [0.2, 0.25) is 5.02 Å². The van der Waals surface area contributed by atoms with Gasteiger partial charge in [-0.2, -0.15) is 0 Å². The van der Waals surface area contributed by atoms with Gasteiger partial charge in [-0.25, -0.2) is 0 Å². The summed E-state index contributed by atoms with van der Waals surface area (Å²) in [6.45, 7) is 7.71. The Balaban J connectivity index is 2.60. The van der Waals surface area contributed by atoms with Crippen LogP contribution in [-0.2, 0) is 9.63 Å². The first kappa shape index (κ1) is 17.3. The van der Waals surface area contributed by atoms with E-state index in [1.807, 2.05) is 27.7 Å². The summed E-state index contributed by atoms with van der Waals surface area (Å²) in [5.74, 6) is 0.0905. The zero-order chi connectivity index (χ0) is 16.0. The fourth-order valence-corrected chi connectivity index (χ4v) is 2.20. The van der Waals surface area contributed by atoms with Gasteiger partial charge in [0.2, 0.25) is 0 Å². The minimum Gasteiger partial charge on any atom is -0.384 e. The lowest BCUT2D eigenvalue weighted by atomic mass is 10.2.